The van der Waals surface area contributed by atoms with Gasteiger partial charge >= 0.3 is 0 Å². The average molecular weight is 383 g/mol. The van der Waals surface area contributed by atoms with Crippen LogP contribution in [-0.2, 0) is 4.79 Å². The van der Waals surface area contributed by atoms with Crippen molar-refractivity contribution in [2.75, 3.05) is 26.2 Å². The molecule has 1 aromatic carbocycles. The number of nitrogens with zero attached hydrogens (tertiary/aromatic N) is 1. The van der Waals surface area contributed by atoms with Crippen molar-refractivity contribution in [2.45, 2.75) is 45.6 Å². The van der Waals surface area contributed by atoms with Gasteiger partial charge in [0.05, 0.1) is 6.04 Å². The maximum Gasteiger partial charge on any atom is 0.289 e. The van der Waals surface area contributed by atoms with Crippen molar-refractivity contribution in [3.8, 4) is 0 Å². The van der Waals surface area contributed by atoms with Crippen LogP contribution in [0.5, 0.6) is 0 Å². The van der Waals surface area contributed by atoms with E-state index in [2.05, 4.69) is 23.6 Å². The van der Waals surface area contributed by atoms with Crippen LogP contribution >= 0.6 is 0 Å². The lowest BCUT2D eigenvalue weighted by molar-refractivity contribution is -0.123. The molecule has 1 aromatic heterocycles. The molecule has 0 saturated carbocycles. The van der Waals surface area contributed by atoms with Gasteiger partial charge in [0, 0.05) is 25.0 Å². The summed E-state index contributed by atoms with van der Waals surface area (Å²) in [5.74, 6) is 0.723. The van der Waals surface area contributed by atoms with Crippen molar-refractivity contribution in [1.29, 1.82) is 0 Å². The summed E-state index contributed by atoms with van der Waals surface area (Å²) in [6.07, 6.45) is 3.94. The number of aryl methyl sites for hydroxylation is 2. The first kappa shape index (κ1) is 19.0. The molecular weight excluding hydrogens is 354 g/mol. The van der Waals surface area contributed by atoms with Gasteiger partial charge in [-0.15, -0.1) is 0 Å². The molecule has 28 heavy (non-hydrogen) atoms. The van der Waals surface area contributed by atoms with Gasteiger partial charge in [-0.2, -0.15) is 0 Å². The van der Waals surface area contributed by atoms with Crippen LogP contribution in [0.15, 0.2) is 22.6 Å². The highest BCUT2D eigenvalue weighted by atomic mass is 16.3. The molecule has 2 fully saturated rings. The molecule has 2 amide bonds. The molecule has 0 bridgehead atoms. The summed E-state index contributed by atoms with van der Waals surface area (Å²) >= 11 is 0. The van der Waals surface area contributed by atoms with Gasteiger partial charge in [0.1, 0.15) is 5.58 Å². The molecule has 0 spiro atoms. The van der Waals surface area contributed by atoms with Crippen molar-refractivity contribution in [3.63, 3.8) is 0 Å². The zero-order valence-corrected chi connectivity index (χ0v) is 16.7. The highest BCUT2D eigenvalue weighted by Crippen LogP contribution is 2.25. The molecule has 0 radical (unpaired) electrons. The molecular formula is C22H29N3O3. The number of amides is 2. The maximum absolute atomic E-state index is 13.0. The molecule has 2 saturated heterocycles. The SMILES string of the molecule is Cc1cc2cc(C(=O)N3CCCC(CNC(=O)C4CCCN4)C3)oc2cc1C. The number of hydrogen-bond donors (Lipinski definition) is 2. The van der Waals surface area contributed by atoms with Gasteiger partial charge in [-0.3, -0.25) is 9.59 Å². The summed E-state index contributed by atoms with van der Waals surface area (Å²) in [7, 11) is 0. The summed E-state index contributed by atoms with van der Waals surface area (Å²) in [5, 5.41) is 7.26. The lowest BCUT2D eigenvalue weighted by Crippen LogP contribution is -2.46. The van der Waals surface area contributed by atoms with E-state index >= 15 is 0 Å². The number of nitrogens with one attached hydrogen (secondary N) is 2. The normalized spacial score (nSPS) is 22.6. The Bertz CT molecular complexity index is 844. The number of piperidine rings is 1. The van der Waals surface area contributed by atoms with Crippen molar-refractivity contribution < 1.29 is 14.0 Å². The smallest absolute Gasteiger partial charge is 0.289 e. The molecule has 2 N–H and O–H groups in total. The Kier molecular flexibility index (Phi) is 5.40. The molecule has 4 rings (SSSR count). The Labute approximate surface area is 165 Å². The number of rotatable bonds is 4. The minimum absolute atomic E-state index is 0.0520. The first-order chi connectivity index (χ1) is 13.5. The van der Waals surface area contributed by atoms with Crippen LogP contribution in [0.25, 0.3) is 11.0 Å². The number of carbonyl (C=O) groups excluding carboxylic acids is 2. The van der Waals surface area contributed by atoms with E-state index in [1.54, 1.807) is 0 Å². The Hall–Kier alpha value is -2.34. The number of furan rings is 1. The van der Waals surface area contributed by atoms with E-state index < -0.39 is 0 Å². The molecule has 6 heteroatoms. The van der Waals surface area contributed by atoms with Crippen LogP contribution in [0.4, 0.5) is 0 Å². The van der Waals surface area contributed by atoms with E-state index in [0.29, 0.717) is 18.8 Å². The van der Waals surface area contributed by atoms with E-state index in [9.17, 15) is 9.59 Å². The first-order valence-corrected chi connectivity index (χ1v) is 10.3. The number of likely N-dealkylation sites (tertiary alicyclic amines) is 1. The fourth-order valence-electron chi connectivity index (χ4n) is 4.26. The third-order valence-electron chi connectivity index (χ3n) is 6.09. The summed E-state index contributed by atoms with van der Waals surface area (Å²) < 4.78 is 5.85. The molecule has 6 nitrogen and oxygen atoms in total. The fourth-order valence-corrected chi connectivity index (χ4v) is 4.26. The third-order valence-corrected chi connectivity index (χ3v) is 6.09. The monoisotopic (exact) mass is 383 g/mol. The Morgan fingerprint density at radius 1 is 1.18 bits per heavy atom. The van der Waals surface area contributed by atoms with Crippen molar-refractivity contribution in [1.82, 2.24) is 15.5 Å². The second kappa shape index (κ2) is 7.95. The topological polar surface area (TPSA) is 74.6 Å². The minimum Gasteiger partial charge on any atom is -0.451 e. The van der Waals surface area contributed by atoms with Gasteiger partial charge in [0.15, 0.2) is 5.76 Å². The number of benzene rings is 1. The van der Waals surface area contributed by atoms with Crippen LogP contribution in [-0.4, -0.2) is 48.9 Å². The molecule has 3 heterocycles. The fraction of sp³-hybridized carbons (Fsp3) is 0.545. The molecule has 2 aliphatic heterocycles. The predicted molar refractivity (Wildman–Crippen MR) is 108 cm³/mol. The van der Waals surface area contributed by atoms with Crippen molar-refractivity contribution in [3.05, 3.63) is 35.1 Å². The number of hydrogen-bond acceptors (Lipinski definition) is 4. The van der Waals surface area contributed by atoms with Crippen LogP contribution < -0.4 is 10.6 Å². The van der Waals surface area contributed by atoms with Gasteiger partial charge in [0.25, 0.3) is 5.91 Å². The van der Waals surface area contributed by atoms with Gasteiger partial charge < -0.3 is 20.0 Å². The van der Waals surface area contributed by atoms with Crippen LogP contribution in [0, 0.1) is 19.8 Å². The lowest BCUT2D eigenvalue weighted by Gasteiger charge is -2.32. The molecule has 2 atom stereocenters. The minimum atomic E-state index is -0.0556. The number of fused-ring (bicyclic) bond motifs is 1. The van der Waals surface area contributed by atoms with E-state index in [1.165, 1.54) is 5.56 Å². The molecule has 0 aliphatic carbocycles. The predicted octanol–water partition coefficient (Wildman–Crippen LogP) is 2.77. The third kappa shape index (κ3) is 3.92. The average Bonchev–Trinajstić information content (AvgIpc) is 3.36. The standard InChI is InChI=1S/C22H29N3O3/c1-14-9-17-11-20(28-19(17)10-15(14)2)22(27)25-8-4-5-16(13-25)12-24-21(26)18-6-3-7-23-18/h9-11,16,18,23H,3-8,12-13H2,1-2H3,(H,24,26). The first-order valence-electron chi connectivity index (χ1n) is 10.3. The summed E-state index contributed by atoms with van der Waals surface area (Å²) in [5.41, 5.74) is 3.11. The van der Waals surface area contributed by atoms with E-state index in [0.717, 1.165) is 55.3 Å². The van der Waals surface area contributed by atoms with E-state index in [1.807, 2.05) is 24.0 Å². The van der Waals surface area contributed by atoms with Gasteiger partial charge in [-0.05, 0) is 81.3 Å². The second-order valence-electron chi connectivity index (χ2n) is 8.24. The number of carbonyl (C=O) groups is 2. The lowest BCUT2D eigenvalue weighted by atomic mass is 9.97. The summed E-state index contributed by atoms with van der Waals surface area (Å²) in [6.45, 7) is 7.05. The molecule has 2 unspecified atom stereocenters. The highest BCUT2D eigenvalue weighted by molar-refractivity contribution is 5.96. The van der Waals surface area contributed by atoms with Crippen molar-refractivity contribution >= 4 is 22.8 Å². The summed E-state index contributed by atoms with van der Waals surface area (Å²) in [6, 6.07) is 5.86. The molecule has 150 valence electrons. The largest absolute Gasteiger partial charge is 0.451 e. The Balaban J connectivity index is 1.38. The second-order valence-corrected chi connectivity index (χ2v) is 8.24. The van der Waals surface area contributed by atoms with Crippen LogP contribution in [0.3, 0.4) is 0 Å². The van der Waals surface area contributed by atoms with E-state index in [-0.39, 0.29) is 23.8 Å². The summed E-state index contributed by atoms with van der Waals surface area (Å²) in [4.78, 5) is 27.0. The Morgan fingerprint density at radius 2 is 2.00 bits per heavy atom. The molecule has 2 aromatic rings. The zero-order valence-electron chi connectivity index (χ0n) is 16.7. The van der Waals surface area contributed by atoms with E-state index in [4.69, 9.17) is 4.42 Å². The van der Waals surface area contributed by atoms with Gasteiger partial charge in [-0.1, -0.05) is 0 Å². The van der Waals surface area contributed by atoms with Gasteiger partial charge in [0.2, 0.25) is 5.91 Å². The van der Waals surface area contributed by atoms with Gasteiger partial charge in [-0.25, -0.2) is 0 Å². The molecule has 2 aliphatic rings. The Morgan fingerprint density at radius 3 is 2.79 bits per heavy atom. The highest BCUT2D eigenvalue weighted by Gasteiger charge is 2.28. The van der Waals surface area contributed by atoms with Crippen molar-refractivity contribution in [2.24, 2.45) is 5.92 Å². The quantitative estimate of drug-likeness (QED) is 0.851. The zero-order chi connectivity index (χ0) is 19.7. The maximum atomic E-state index is 13.0. The van der Waals surface area contributed by atoms with Crippen LogP contribution in [0.1, 0.15) is 47.4 Å². The van der Waals surface area contributed by atoms with Crippen LogP contribution in [0.2, 0.25) is 0 Å².